The summed E-state index contributed by atoms with van der Waals surface area (Å²) in [5.74, 6) is 0. The smallest absolute Gasteiger partial charge is 0.0636 e. The van der Waals surface area contributed by atoms with Crippen molar-refractivity contribution in [3.8, 4) is 0 Å². The second-order valence-electron chi connectivity index (χ2n) is 4.61. The van der Waals surface area contributed by atoms with Gasteiger partial charge in [-0.3, -0.25) is 0 Å². The maximum absolute atomic E-state index is 4.18. The van der Waals surface area contributed by atoms with Crippen molar-refractivity contribution in [2.24, 2.45) is 5.41 Å². The van der Waals surface area contributed by atoms with Crippen molar-refractivity contribution in [3.63, 3.8) is 0 Å². The zero-order chi connectivity index (χ0) is 13.9. The van der Waals surface area contributed by atoms with Crippen molar-refractivity contribution in [3.05, 3.63) is 23.5 Å². The Morgan fingerprint density at radius 2 is 1.29 bits per heavy atom. The van der Waals surface area contributed by atoms with Gasteiger partial charge in [0.25, 0.3) is 0 Å². The third-order valence-corrected chi connectivity index (χ3v) is 1.85. The fourth-order valence-electron chi connectivity index (χ4n) is 1.21. The van der Waals surface area contributed by atoms with E-state index >= 15 is 0 Å². The van der Waals surface area contributed by atoms with Gasteiger partial charge in [-0.1, -0.05) is 55.4 Å². The fourth-order valence-corrected chi connectivity index (χ4v) is 1.21. The maximum Gasteiger partial charge on any atom is 0.0636 e. The largest absolute Gasteiger partial charge is 0.155 e. The molecule has 0 aromatic carbocycles. The van der Waals surface area contributed by atoms with Crippen LogP contribution in [-0.2, 0) is 12.8 Å². The Hall–Kier alpha value is -0.920. The SMILES string of the molecule is CC.CC.CCc1ccc(CC(C)(C)C)nn1. The van der Waals surface area contributed by atoms with E-state index in [2.05, 4.69) is 50.0 Å². The monoisotopic (exact) mass is 238 g/mol. The average Bonchev–Trinajstić information content (AvgIpc) is 2.33. The lowest BCUT2D eigenvalue weighted by atomic mass is 9.90. The quantitative estimate of drug-likeness (QED) is 0.747. The molecule has 0 spiro atoms. The van der Waals surface area contributed by atoms with Crippen LogP contribution < -0.4 is 0 Å². The van der Waals surface area contributed by atoms with Crippen LogP contribution in [0, 0.1) is 5.41 Å². The summed E-state index contributed by atoms with van der Waals surface area (Å²) in [6, 6.07) is 4.14. The lowest BCUT2D eigenvalue weighted by Gasteiger charge is -2.16. The predicted octanol–water partition coefficient (Wildman–Crippen LogP) is 4.68. The van der Waals surface area contributed by atoms with Crippen LogP contribution in [0.25, 0.3) is 0 Å². The van der Waals surface area contributed by atoms with Crippen LogP contribution in [0.4, 0.5) is 0 Å². The maximum atomic E-state index is 4.18. The molecule has 0 radical (unpaired) electrons. The molecular weight excluding hydrogens is 208 g/mol. The number of nitrogens with zero attached hydrogens (tertiary/aromatic N) is 2. The molecular formula is C15H30N2. The lowest BCUT2D eigenvalue weighted by Crippen LogP contribution is -2.11. The molecule has 0 aliphatic rings. The van der Waals surface area contributed by atoms with Gasteiger partial charge in [0.1, 0.15) is 0 Å². The van der Waals surface area contributed by atoms with Crippen molar-refractivity contribution < 1.29 is 0 Å². The van der Waals surface area contributed by atoms with E-state index < -0.39 is 0 Å². The zero-order valence-corrected chi connectivity index (χ0v) is 13.0. The average molecular weight is 238 g/mol. The minimum Gasteiger partial charge on any atom is -0.155 e. The van der Waals surface area contributed by atoms with Gasteiger partial charge in [0.05, 0.1) is 11.4 Å². The Labute approximate surface area is 108 Å². The van der Waals surface area contributed by atoms with Crippen LogP contribution in [-0.4, -0.2) is 10.2 Å². The van der Waals surface area contributed by atoms with Crippen LogP contribution in [0.5, 0.6) is 0 Å². The van der Waals surface area contributed by atoms with E-state index in [0.717, 1.165) is 24.2 Å². The summed E-state index contributed by atoms with van der Waals surface area (Å²) in [5, 5.41) is 8.32. The molecule has 0 N–H and O–H groups in total. The first-order valence-corrected chi connectivity index (χ1v) is 6.83. The summed E-state index contributed by atoms with van der Waals surface area (Å²) in [7, 11) is 0. The molecule has 0 saturated heterocycles. The van der Waals surface area contributed by atoms with Crippen molar-refractivity contribution in [1.29, 1.82) is 0 Å². The topological polar surface area (TPSA) is 25.8 Å². The van der Waals surface area contributed by atoms with E-state index in [9.17, 15) is 0 Å². The summed E-state index contributed by atoms with van der Waals surface area (Å²) >= 11 is 0. The summed E-state index contributed by atoms with van der Waals surface area (Å²) < 4.78 is 0. The van der Waals surface area contributed by atoms with Gasteiger partial charge >= 0.3 is 0 Å². The Kier molecular flexibility index (Phi) is 11.1. The molecule has 0 aliphatic carbocycles. The van der Waals surface area contributed by atoms with Gasteiger partial charge in [0, 0.05) is 0 Å². The summed E-state index contributed by atoms with van der Waals surface area (Å²) in [4.78, 5) is 0. The predicted molar refractivity (Wildman–Crippen MR) is 77.3 cm³/mol. The summed E-state index contributed by atoms with van der Waals surface area (Å²) in [6.45, 7) is 16.7. The highest BCUT2D eigenvalue weighted by Crippen LogP contribution is 2.18. The molecule has 1 rings (SSSR count). The molecule has 2 nitrogen and oxygen atoms in total. The Bertz CT molecular complexity index is 257. The minimum absolute atomic E-state index is 0.294. The molecule has 17 heavy (non-hydrogen) atoms. The minimum atomic E-state index is 0.294. The van der Waals surface area contributed by atoms with Gasteiger partial charge < -0.3 is 0 Å². The Morgan fingerprint density at radius 1 is 0.882 bits per heavy atom. The van der Waals surface area contributed by atoms with Gasteiger partial charge in [-0.15, -0.1) is 0 Å². The van der Waals surface area contributed by atoms with Crippen LogP contribution >= 0.6 is 0 Å². The molecule has 100 valence electrons. The van der Waals surface area contributed by atoms with Gasteiger partial charge in [-0.2, -0.15) is 10.2 Å². The molecule has 1 heterocycles. The molecule has 0 saturated carbocycles. The van der Waals surface area contributed by atoms with Gasteiger partial charge in [-0.05, 0) is 30.4 Å². The van der Waals surface area contributed by atoms with E-state index in [4.69, 9.17) is 0 Å². The highest BCUT2D eigenvalue weighted by atomic mass is 15.1. The molecule has 1 aromatic rings. The summed E-state index contributed by atoms with van der Waals surface area (Å²) in [6.07, 6.45) is 1.95. The van der Waals surface area contributed by atoms with E-state index in [1.807, 2.05) is 27.7 Å². The summed E-state index contributed by atoms with van der Waals surface area (Å²) in [5.41, 5.74) is 2.45. The lowest BCUT2D eigenvalue weighted by molar-refractivity contribution is 0.404. The normalized spacial score (nSPS) is 9.65. The number of hydrogen-bond donors (Lipinski definition) is 0. The first-order valence-electron chi connectivity index (χ1n) is 6.83. The van der Waals surface area contributed by atoms with Crippen molar-refractivity contribution in [2.45, 2.75) is 68.2 Å². The standard InChI is InChI=1S/C11H18N2.2C2H6/c1-5-9-6-7-10(13-12-9)8-11(2,3)4;2*1-2/h6-7H,5,8H2,1-4H3;2*1-2H3. The molecule has 2 heteroatoms. The fraction of sp³-hybridized carbons (Fsp3) is 0.733. The third kappa shape index (κ3) is 9.98. The highest BCUT2D eigenvalue weighted by Gasteiger charge is 2.12. The van der Waals surface area contributed by atoms with E-state index in [-0.39, 0.29) is 0 Å². The number of aromatic nitrogens is 2. The van der Waals surface area contributed by atoms with E-state index in [0.29, 0.717) is 5.41 Å². The highest BCUT2D eigenvalue weighted by molar-refractivity contribution is 5.07. The first-order chi connectivity index (χ1) is 8.01. The molecule has 0 fully saturated rings. The number of rotatable bonds is 2. The second kappa shape index (κ2) is 10.2. The zero-order valence-electron chi connectivity index (χ0n) is 13.0. The van der Waals surface area contributed by atoms with Crippen LogP contribution in [0.15, 0.2) is 12.1 Å². The number of hydrogen-bond acceptors (Lipinski definition) is 2. The van der Waals surface area contributed by atoms with Crippen molar-refractivity contribution >= 4 is 0 Å². The molecule has 0 atom stereocenters. The molecule has 0 unspecified atom stereocenters. The molecule has 0 bridgehead atoms. The molecule has 1 aromatic heterocycles. The van der Waals surface area contributed by atoms with Crippen molar-refractivity contribution in [1.82, 2.24) is 10.2 Å². The Balaban J connectivity index is 0. The second-order valence-corrected chi connectivity index (χ2v) is 4.61. The number of aryl methyl sites for hydroxylation is 1. The van der Waals surface area contributed by atoms with E-state index in [1.54, 1.807) is 0 Å². The van der Waals surface area contributed by atoms with E-state index in [1.165, 1.54) is 0 Å². The molecule has 0 aliphatic heterocycles. The van der Waals surface area contributed by atoms with Gasteiger partial charge in [0.2, 0.25) is 0 Å². The van der Waals surface area contributed by atoms with Crippen LogP contribution in [0.1, 0.15) is 66.8 Å². The third-order valence-electron chi connectivity index (χ3n) is 1.85. The van der Waals surface area contributed by atoms with Gasteiger partial charge in [0.15, 0.2) is 0 Å². The Morgan fingerprint density at radius 3 is 1.59 bits per heavy atom. The van der Waals surface area contributed by atoms with Crippen LogP contribution in [0.3, 0.4) is 0 Å². The van der Waals surface area contributed by atoms with Crippen LogP contribution in [0.2, 0.25) is 0 Å². The van der Waals surface area contributed by atoms with Gasteiger partial charge in [-0.25, -0.2) is 0 Å². The van der Waals surface area contributed by atoms with Crippen molar-refractivity contribution in [2.75, 3.05) is 0 Å². The first kappa shape index (κ1) is 18.4. The molecule has 0 amide bonds.